The molecule has 5 nitrogen and oxygen atoms in total. The van der Waals surface area contributed by atoms with E-state index in [1.807, 2.05) is 6.20 Å². The standard InChI is InChI=1S/C15H26N4O/c1-2-5-19(12-14-11-16-13-17-14)15(3-1)4-6-18-7-9-20-10-8-18/h11,13,15H,1-10,12H2,(H,16,17)/t15-/m0/s1. The van der Waals surface area contributed by atoms with Gasteiger partial charge in [0, 0.05) is 37.6 Å². The number of aromatic nitrogens is 2. The van der Waals surface area contributed by atoms with E-state index in [0.717, 1.165) is 38.9 Å². The molecule has 1 aromatic heterocycles. The van der Waals surface area contributed by atoms with Gasteiger partial charge < -0.3 is 9.72 Å². The summed E-state index contributed by atoms with van der Waals surface area (Å²) in [6.07, 6.45) is 9.08. The Morgan fingerprint density at radius 3 is 2.95 bits per heavy atom. The zero-order valence-corrected chi connectivity index (χ0v) is 12.3. The lowest BCUT2D eigenvalue weighted by Crippen LogP contribution is -2.43. The Morgan fingerprint density at radius 1 is 1.25 bits per heavy atom. The van der Waals surface area contributed by atoms with Crippen molar-refractivity contribution < 1.29 is 4.74 Å². The topological polar surface area (TPSA) is 44.4 Å². The highest BCUT2D eigenvalue weighted by atomic mass is 16.5. The molecule has 2 saturated heterocycles. The number of likely N-dealkylation sites (tertiary alicyclic amines) is 1. The maximum absolute atomic E-state index is 5.42. The van der Waals surface area contributed by atoms with Crippen LogP contribution in [0, 0.1) is 0 Å². The fraction of sp³-hybridized carbons (Fsp3) is 0.800. The number of aromatic amines is 1. The van der Waals surface area contributed by atoms with Gasteiger partial charge in [-0.25, -0.2) is 4.98 Å². The summed E-state index contributed by atoms with van der Waals surface area (Å²) in [5, 5.41) is 0. The number of piperidine rings is 1. The van der Waals surface area contributed by atoms with Gasteiger partial charge in [-0.2, -0.15) is 0 Å². The van der Waals surface area contributed by atoms with Crippen LogP contribution < -0.4 is 0 Å². The predicted octanol–water partition coefficient (Wildman–Crippen LogP) is 1.49. The van der Waals surface area contributed by atoms with Crippen molar-refractivity contribution in [3.63, 3.8) is 0 Å². The van der Waals surface area contributed by atoms with Crippen LogP contribution in [-0.4, -0.2) is 65.2 Å². The molecule has 3 rings (SSSR count). The van der Waals surface area contributed by atoms with Crippen molar-refractivity contribution in [3.05, 3.63) is 18.2 Å². The van der Waals surface area contributed by atoms with Gasteiger partial charge >= 0.3 is 0 Å². The van der Waals surface area contributed by atoms with E-state index in [9.17, 15) is 0 Å². The van der Waals surface area contributed by atoms with E-state index in [1.165, 1.54) is 44.5 Å². The first-order chi connectivity index (χ1) is 9.92. The largest absolute Gasteiger partial charge is 0.379 e. The first-order valence-electron chi connectivity index (χ1n) is 7.93. The quantitative estimate of drug-likeness (QED) is 0.886. The van der Waals surface area contributed by atoms with Gasteiger partial charge in [0.15, 0.2) is 0 Å². The van der Waals surface area contributed by atoms with E-state index in [-0.39, 0.29) is 0 Å². The van der Waals surface area contributed by atoms with Crippen LogP contribution in [0.4, 0.5) is 0 Å². The van der Waals surface area contributed by atoms with Gasteiger partial charge in [-0.05, 0) is 32.4 Å². The maximum Gasteiger partial charge on any atom is 0.0922 e. The zero-order chi connectivity index (χ0) is 13.6. The highest BCUT2D eigenvalue weighted by molar-refractivity contribution is 4.95. The molecule has 0 aliphatic carbocycles. The van der Waals surface area contributed by atoms with E-state index in [1.54, 1.807) is 6.33 Å². The molecule has 3 heterocycles. The Balaban J connectivity index is 1.49. The number of nitrogens with zero attached hydrogens (tertiary/aromatic N) is 3. The SMILES string of the molecule is c1ncc(CN2CCCC[C@H]2CCN2CCOCC2)[nH]1. The second-order valence-electron chi connectivity index (χ2n) is 5.94. The van der Waals surface area contributed by atoms with Crippen molar-refractivity contribution in [2.75, 3.05) is 39.4 Å². The molecule has 0 unspecified atom stereocenters. The smallest absolute Gasteiger partial charge is 0.0922 e. The predicted molar refractivity (Wildman–Crippen MR) is 78.5 cm³/mol. The molecule has 112 valence electrons. The van der Waals surface area contributed by atoms with Gasteiger partial charge in [0.05, 0.1) is 19.5 Å². The highest BCUT2D eigenvalue weighted by Crippen LogP contribution is 2.21. The molecule has 0 aromatic carbocycles. The average Bonchev–Trinajstić information content (AvgIpc) is 3.00. The summed E-state index contributed by atoms with van der Waals surface area (Å²) in [6.45, 7) is 7.49. The Labute approximate surface area is 121 Å². The van der Waals surface area contributed by atoms with E-state index < -0.39 is 0 Å². The third-order valence-corrected chi connectivity index (χ3v) is 4.56. The molecule has 1 N–H and O–H groups in total. The lowest BCUT2D eigenvalue weighted by atomic mass is 9.99. The minimum atomic E-state index is 0.731. The number of hydrogen-bond acceptors (Lipinski definition) is 4. The van der Waals surface area contributed by atoms with E-state index >= 15 is 0 Å². The van der Waals surface area contributed by atoms with Gasteiger partial charge in [-0.3, -0.25) is 9.80 Å². The van der Waals surface area contributed by atoms with Crippen LogP contribution >= 0.6 is 0 Å². The van der Waals surface area contributed by atoms with E-state index in [2.05, 4.69) is 19.8 Å². The third-order valence-electron chi connectivity index (χ3n) is 4.56. The monoisotopic (exact) mass is 278 g/mol. The molecule has 0 radical (unpaired) electrons. The van der Waals surface area contributed by atoms with Gasteiger partial charge in [-0.15, -0.1) is 0 Å². The number of nitrogens with one attached hydrogen (secondary N) is 1. The number of H-pyrrole nitrogens is 1. The molecule has 1 atom stereocenters. The van der Waals surface area contributed by atoms with Crippen molar-refractivity contribution >= 4 is 0 Å². The third kappa shape index (κ3) is 3.81. The highest BCUT2D eigenvalue weighted by Gasteiger charge is 2.23. The van der Waals surface area contributed by atoms with Crippen molar-refractivity contribution in [2.24, 2.45) is 0 Å². The van der Waals surface area contributed by atoms with Crippen LogP contribution in [0.5, 0.6) is 0 Å². The first-order valence-corrected chi connectivity index (χ1v) is 7.93. The Kier molecular flexibility index (Phi) is 5.06. The molecule has 0 spiro atoms. The average molecular weight is 278 g/mol. The van der Waals surface area contributed by atoms with Gasteiger partial charge in [-0.1, -0.05) is 6.42 Å². The number of hydrogen-bond donors (Lipinski definition) is 1. The van der Waals surface area contributed by atoms with E-state index in [4.69, 9.17) is 4.74 Å². The molecule has 2 fully saturated rings. The van der Waals surface area contributed by atoms with Gasteiger partial charge in [0.1, 0.15) is 0 Å². The summed E-state index contributed by atoms with van der Waals surface area (Å²) >= 11 is 0. The van der Waals surface area contributed by atoms with Crippen LogP contribution in [-0.2, 0) is 11.3 Å². The molecule has 2 aliphatic rings. The minimum absolute atomic E-state index is 0.731. The molecule has 0 saturated carbocycles. The molecule has 20 heavy (non-hydrogen) atoms. The maximum atomic E-state index is 5.42. The Bertz CT molecular complexity index is 375. The van der Waals surface area contributed by atoms with Crippen LogP contribution in [0.25, 0.3) is 0 Å². The van der Waals surface area contributed by atoms with Crippen LogP contribution in [0.3, 0.4) is 0 Å². The minimum Gasteiger partial charge on any atom is -0.379 e. The summed E-state index contributed by atoms with van der Waals surface area (Å²) in [6, 6.07) is 0.731. The summed E-state index contributed by atoms with van der Waals surface area (Å²) < 4.78 is 5.42. The molecule has 2 aliphatic heterocycles. The summed E-state index contributed by atoms with van der Waals surface area (Å²) in [5.41, 5.74) is 1.24. The van der Waals surface area contributed by atoms with E-state index in [0.29, 0.717) is 0 Å². The number of ether oxygens (including phenoxy) is 1. The summed E-state index contributed by atoms with van der Waals surface area (Å²) in [7, 11) is 0. The second-order valence-corrected chi connectivity index (χ2v) is 5.94. The molecule has 0 bridgehead atoms. The zero-order valence-electron chi connectivity index (χ0n) is 12.3. The van der Waals surface area contributed by atoms with Crippen molar-refractivity contribution in [2.45, 2.75) is 38.3 Å². The number of morpholine rings is 1. The van der Waals surface area contributed by atoms with Crippen LogP contribution in [0.2, 0.25) is 0 Å². The van der Waals surface area contributed by atoms with Crippen molar-refractivity contribution in [1.29, 1.82) is 0 Å². The molecule has 1 aromatic rings. The fourth-order valence-corrected chi connectivity index (χ4v) is 3.34. The second kappa shape index (κ2) is 7.20. The fourth-order valence-electron chi connectivity index (χ4n) is 3.34. The molecular weight excluding hydrogens is 252 g/mol. The Morgan fingerprint density at radius 2 is 2.15 bits per heavy atom. The van der Waals surface area contributed by atoms with Crippen LogP contribution in [0.1, 0.15) is 31.4 Å². The number of rotatable bonds is 5. The molecule has 5 heteroatoms. The molecule has 0 amide bonds. The summed E-state index contributed by atoms with van der Waals surface area (Å²) in [5.74, 6) is 0. The van der Waals surface area contributed by atoms with Crippen molar-refractivity contribution in [3.8, 4) is 0 Å². The normalized spacial score (nSPS) is 25.9. The first kappa shape index (κ1) is 14.0. The lowest BCUT2D eigenvalue weighted by molar-refractivity contribution is 0.0301. The summed E-state index contributed by atoms with van der Waals surface area (Å²) in [4.78, 5) is 12.5. The van der Waals surface area contributed by atoms with Crippen LogP contribution in [0.15, 0.2) is 12.5 Å². The van der Waals surface area contributed by atoms with Crippen molar-refractivity contribution in [1.82, 2.24) is 19.8 Å². The van der Waals surface area contributed by atoms with Gasteiger partial charge in [0.25, 0.3) is 0 Å². The van der Waals surface area contributed by atoms with Gasteiger partial charge in [0.2, 0.25) is 0 Å². The molecular formula is C15H26N4O. The lowest BCUT2D eigenvalue weighted by Gasteiger charge is -2.37. The number of imidazole rings is 1. The Hall–Kier alpha value is -0.910.